The van der Waals surface area contributed by atoms with Crippen LogP contribution in [0.1, 0.15) is 19.8 Å². The maximum absolute atomic E-state index is 11.7. The number of carbonyl (C=O) groups excluding carboxylic acids is 4. The van der Waals surface area contributed by atoms with Gasteiger partial charge in [0.1, 0.15) is 0 Å². The summed E-state index contributed by atoms with van der Waals surface area (Å²) in [6.45, 7) is 7.54. The van der Waals surface area contributed by atoms with E-state index in [9.17, 15) is 24.3 Å². The highest BCUT2D eigenvalue weighted by molar-refractivity contribution is 5.93. The van der Waals surface area contributed by atoms with Crippen LogP contribution in [0.5, 0.6) is 0 Å². The van der Waals surface area contributed by atoms with Crippen molar-refractivity contribution in [2.45, 2.75) is 32.2 Å². The summed E-state index contributed by atoms with van der Waals surface area (Å²) in [5.74, 6) is -3.29. The van der Waals surface area contributed by atoms with Gasteiger partial charge in [0.15, 0.2) is 6.29 Å². The molecule has 13 heteroatoms. The van der Waals surface area contributed by atoms with E-state index in [4.69, 9.17) is 10.2 Å². The highest BCUT2D eigenvalue weighted by atomic mass is 16.7. The summed E-state index contributed by atoms with van der Waals surface area (Å²) < 4.78 is 18.5. The van der Waals surface area contributed by atoms with Crippen LogP contribution in [0.25, 0.3) is 0 Å². The van der Waals surface area contributed by atoms with Crippen molar-refractivity contribution < 1.29 is 53.4 Å². The topological polar surface area (TPSA) is 190 Å². The third kappa shape index (κ3) is 15.9. The van der Waals surface area contributed by atoms with Gasteiger partial charge in [0, 0.05) is 37.2 Å². The Hall–Kier alpha value is -2.84. The van der Waals surface area contributed by atoms with Gasteiger partial charge < -0.3 is 44.9 Å². The Morgan fingerprint density at radius 1 is 0.844 bits per heavy atom. The fraction of sp³-hybridized carbons (Fsp3) is 0.579. The molecular formula is C19H30N2O11. The molecule has 0 saturated heterocycles. The lowest BCUT2D eigenvalue weighted by Gasteiger charge is -2.13. The maximum atomic E-state index is 11.7. The second-order valence-electron chi connectivity index (χ2n) is 6.44. The van der Waals surface area contributed by atoms with Crippen LogP contribution in [0.2, 0.25) is 0 Å². The summed E-state index contributed by atoms with van der Waals surface area (Å²) >= 11 is 0. The zero-order valence-electron chi connectivity index (χ0n) is 17.8. The first-order valence-electron chi connectivity index (χ1n) is 9.47. The highest BCUT2D eigenvalue weighted by Crippen LogP contribution is 2.04. The Bertz CT molecular complexity index is 664. The minimum atomic E-state index is -1.59. The van der Waals surface area contributed by atoms with Crippen molar-refractivity contribution in [3.63, 3.8) is 0 Å². The first kappa shape index (κ1) is 29.2. The van der Waals surface area contributed by atoms with Crippen LogP contribution in [-0.2, 0) is 38.1 Å². The van der Waals surface area contributed by atoms with E-state index < -0.39 is 56.3 Å². The minimum Gasteiger partial charge on any atom is -0.428 e. The lowest BCUT2D eigenvalue weighted by molar-refractivity contribution is -0.168. The van der Waals surface area contributed by atoms with Crippen LogP contribution in [0.3, 0.4) is 0 Å². The Labute approximate surface area is 185 Å². The smallest absolute Gasteiger partial charge is 0.336 e. The maximum Gasteiger partial charge on any atom is 0.336 e. The molecule has 0 aliphatic rings. The second kappa shape index (κ2) is 16.8. The van der Waals surface area contributed by atoms with E-state index in [2.05, 4.69) is 42.7 Å². The van der Waals surface area contributed by atoms with Crippen molar-refractivity contribution in [2.75, 3.05) is 39.8 Å². The number of aliphatic hydroxyl groups excluding tert-OH is 2. The molecule has 0 aromatic rings. The predicted octanol–water partition coefficient (Wildman–Crippen LogP) is -2.16. The number of carbonyl (C=O) groups is 4. The van der Waals surface area contributed by atoms with E-state index in [0.29, 0.717) is 13.1 Å². The molecule has 0 aliphatic heterocycles. The quantitative estimate of drug-likeness (QED) is 0.0680. The molecule has 0 aliphatic carbocycles. The lowest BCUT2D eigenvalue weighted by Crippen LogP contribution is -2.36. The van der Waals surface area contributed by atoms with E-state index in [0.717, 1.165) is 0 Å². The standard InChI is InChI=1S/C19H30N2O11/c1-12(2)18(27)31-10-29-16(25)6-13(3)19(28)32-11-30-17(26)9-21-5-4-20-8-14(22)7-15(23)24/h14-15,20-24H,1,3-11H2,2H3. The number of hydrogen-bond acceptors (Lipinski definition) is 13. The number of aliphatic hydroxyl groups is 3. The number of hydrogen-bond donors (Lipinski definition) is 5. The summed E-state index contributed by atoms with van der Waals surface area (Å²) in [6.07, 6.45) is -3.19. The van der Waals surface area contributed by atoms with Crippen LogP contribution < -0.4 is 10.6 Å². The van der Waals surface area contributed by atoms with Crippen LogP contribution in [0.15, 0.2) is 24.3 Å². The van der Waals surface area contributed by atoms with E-state index in [1.807, 2.05) is 0 Å². The number of esters is 4. The number of nitrogens with one attached hydrogen (secondary N) is 2. The molecule has 0 aromatic carbocycles. The first-order chi connectivity index (χ1) is 15.0. The Morgan fingerprint density at radius 3 is 2.00 bits per heavy atom. The van der Waals surface area contributed by atoms with Gasteiger partial charge in [-0.1, -0.05) is 13.2 Å². The van der Waals surface area contributed by atoms with Crippen molar-refractivity contribution in [1.82, 2.24) is 10.6 Å². The second-order valence-corrected chi connectivity index (χ2v) is 6.44. The largest absolute Gasteiger partial charge is 0.428 e. The molecule has 182 valence electrons. The van der Waals surface area contributed by atoms with Crippen LogP contribution in [0.4, 0.5) is 0 Å². The highest BCUT2D eigenvalue weighted by Gasteiger charge is 2.16. The third-order valence-corrected chi connectivity index (χ3v) is 3.43. The molecule has 0 radical (unpaired) electrons. The molecule has 1 atom stereocenters. The van der Waals surface area contributed by atoms with Crippen LogP contribution in [0, 0.1) is 0 Å². The van der Waals surface area contributed by atoms with Crippen molar-refractivity contribution in [2.24, 2.45) is 0 Å². The minimum absolute atomic E-state index is 0.131. The van der Waals surface area contributed by atoms with Crippen molar-refractivity contribution in [3.05, 3.63) is 24.3 Å². The fourth-order valence-corrected chi connectivity index (χ4v) is 1.83. The van der Waals surface area contributed by atoms with Gasteiger partial charge in [0.25, 0.3) is 0 Å². The van der Waals surface area contributed by atoms with E-state index in [1.165, 1.54) is 6.92 Å². The summed E-state index contributed by atoms with van der Waals surface area (Å²) in [4.78, 5) is 45.9. The Kier molecular flexibility index (Phi) is 15.3. The summed E-state index contributed by atoms with van der Waals surface area (Å²) in [5, 5.41) is 32.4. The van der Waals surface area contributed by atoms with E-state index in [1.54, 1.807) is 0 Å². The lowest BCUT2D eigenvalue weighted by atomic mass is 10.2. The van der Waals surface area contributed by atoms with Gasteiger partial charge >= 0.3 is 23.9 Å². The van der Waals surface area contributed by atoms with Crippen LogP contribution in [-0.4, -0.2) is 91.4 Å². The molecule has 13 nitrogen and oxygen atoms in total. The van der Waals surface area contributed by atoms with Gasteiger partial charge in [0.05, 0.1) is 19.1 Å². The molecule has 0 fully saturated rings. The van der Waals surface area contributed by atoms with Gasteiger partial charge in [-0.2, -0.15) is 0 Å². The van der Waals surface area contributed by atoms with Crippen molar-refractivity contribution in [1.29, 1.82) is 0 Å². The molecule has 0 saturated carbocycles. The zero-order chi connectivity index (χ0) is 24.5. The van der Waals surface area contributed by atoms with Gasteiger partial charge in [-0.05, 0) is 6.92 Å². The fourth-order valence-electron chi connectivity index (χ4n) is 1.83. The average molecular weight is 462 g/mol. The molecule has 0 heterocycles. The van der Waals surface area contributed by atoms with E-state index in [-0.39, 0.29) is 30.7 Å². The Morgan fingerprint density at radius 2 is 1.41 bits per heavy atom. The normalized spacial score (nSPS) is 11.4. The summed E-state index contributed by atoms with van der Waals surface area (Å²) in [5.41, 5.74) is -0.122. The molecular weight excluding hydrogens is 432 g/mol. The van der Waals surface area contributed by atoms with Crippen LogP contribution >= 0.6 is 0 Å². The monoisotopic (exact) mass is 462 g/mol. The van der Waals surface area contributed by atoms with Gasteiger partial charge in [-0.25, -0.2) is 9.59 Å². The van der Waals surface area contributed by atoms with Gasteiger partial charge in [-0.3, -0.25) is 9.59 Å². The number of rotatable bonds is 17. The molecule has 0 rings (SSSR count). The molecule has 1 unspecified atom stereocenters. The SMILES string of the molecule is C=C(C)C(=O)OCOC(=O)CC(=C)C(=O)OCOC(=O)CNCCNCC(O)CC(O)O. The number of ether oxygens (including phenoxy) is 4. The molecule has 0 aromatic heterocycles. The summed E-state index contributed by atoms with van der Waals surface area (Å²) in [6, 6.07) is 0. The molecule has 0 spiro atoms. The third-order valence-electron chi connectivity index (χ3n) is 3.43. The van der Waals surface area contributed by atoms with Gasteiger partial charge in [0.2, 0.25) is 13.6 Å². The molecule has 32 heavy (non-hydrogen) atoms. The average Bonchev–Trinajstić information content (AvgIpc) is 2.69. The van der Waals surface area contributed by atoms with Crippen molar-refractivity contribution in [3.8, 4) is 0 Å². The van der Waals surface area contributed by atoms with Crippen molar-refractivity contribution >= 4 is 23.9 Å². The zero-order valence-corrected chi connectivity index (χ0v) is 17.8. The first-order valence-corrected chi connectivity index (χ1v) is 9.47. The molecule has 5 N–H and O–H groups in total. The summed E-state index contributed by atoms with van der Waals surface area (Å²) in [7, 11) is 0. The van der Waals surface area contributed by atoms with E-state index >= 15 is 0 Å². The van der Waals surface area contributed by atoms with Gasteiger partial charge in [-0.15, -0.1) is 0 Å². The predicted molar refractivity (Wildman–Crippen MR) is 107 cm³/mol. The molecule has 0 bridgehead atoms. The Balaban J connectivity index is 3.81. The molecule has 0 amide bonds.